The summed E-state index contributed by atoms with van der Waals surface area (Å²) in [4.78, 5) is 24.1. The third-order valence-electron chi connectivity index (χ3n) is 4.87. The fourth-order valence-electron chi connectivity index (χ4n) is 3.83. The molecule has 0 aromatic heterocycles. The van der Waals surface area contributed by atoms with Crippen molar-refractivity contribution in [1.82, 2.24) is 0 Å². The summed E-state index contributed by atoms with van der Waals surface area (Å²) in [5, 5.41) is 14.3. The lowest BCUT2D eigenvalue weighted by Crippen LogP contribution is -2.43. The van der Waals surface area contributed by atoms with Crippen molar-refractivity contribution in [3.63, 3.8) is 0 Å². The number of carbonyl (C=O) groups is 2. The van der Waals surface area contributed by atoms with E-state index in [2.05, 4.69) is 19.2 Å². The summed E-state index contributed by atoms with van der Waals surface area (Å²) >= 11 is 0. The van der Waals surface area contributed by atoms with Gasteiger partial charge in [-0.05, 0) is 35.8 Å². The third-order valence-corrected chi connectivity index (χ3v) is 4.87. The molecule has 4 heteroatoms. The lowest BCUT2D eigenvalue weighted by molar-refractivity contribution is -0.313. The highest BCUT2D eigenvalue weighted by Crippen LogP contribution is 2.48. The largest absolute Gasteiger partial charge is 0.550 e. The predicted octanol–water partition coefficient (Wildman–Crippen LogP) is 1.94. The number of carbonyl (C=O) groups excluding carboxylic acids is 2. The van der Waals surface area contributed by atoms with Gasteiger partial charge in [0.2, 0.25) is 5.91 Å². The minimum atomic E-state index is -1.12. The molecule has 1 fully saturated rings. The Labute approximate surface area is 130 Å². The van der Waals surface area contributed by atoms with Gasteiger partial charge in [0.05, 0.1) is 5.92 Å². The monoisotopic (exact) mass is 298 g/mol. The van der Waals surface area contributed by atoms with E-state index < -0.39 is 17.8 Å². The van der Waals surface area contributed by atoms with Crippen molar-refractivity contribution >= 4 is 17.6 Å². The number of fused-ring (bicyclic) bond motifs is 2. The number of anilines is 1. The molecule has 4 nitrogen and oxygen atoms in total. The molecule has 0 aliphatic heterocycles. The molecule has 2 bridgehead atoms. The molecule has 2 aliphatic rings. The first-order chi connectivity index (χ1) is 10.5. The molecular weight excluding hydrogens is 278 g/mol. The average molecular weight is 298 g/mol. The Morgan fingerprint density at radius 3 is 2.41 bits per heavy atom. The van der Waals surface area contributed by atoms with Crippen molar-refractivity contribution in [3.05, 3.63) is 42.0 Å². The summed E-state index contributed by atoms with van der Waals surface area (Å²) in [5.41, 5.74) is 1.82. The van der Waals surface area contributed by atoms with Crippen LogP contribution in [0.3, 0.4) is 0 Å². The van der Waals surface area contributed by atoms with Gasteiger partial charge in [-0.25, -0.2) is 0 Å². The van der Waals surface area contributed by atoms with Gasteiger partial charge in [-0.3, -0.25) is 4.79 Å². The number of amides is 1. The van der Waals surface area contributed by atoms with Crippen molar-refractivity contribution in [2.45, 2.75) is 26.2 Å². The maximum Gasteiger partial charge on any atom is 0.228 e. The smallest absolute Gasteiger partial charge is 0.228 e. The molecule has 1 aromatic rings. The molecule has 3 rings (SSSR count). The Bertz CT molecular complexity index is 635. The number of carboxylic acid groups (broad SMARTS) is 1. The summed E-state index contributed by atoms with van der Waals surface area (Å²) in [7, 11) is 0. The zero-order valence-corrected chi connectivity index (χ0v) is 12.8. The van der Waals surface area contributed by atoms with Gasteiger partial charge in [0, 0.05) is 17.6 Å². The Morgan fingerprint density at radius 2 is 1.77 bits per heavy atom. The quantitative estimate of drug-likeness (QED) is 0.864. The summed E-state index contributed by atoms with van der Waals surface area (Å²) < 4.78 is 0. The molecule has 1 aromatic carbocycles. The normalized spacial score (nSPS) is 29.0. The Morgan fingerprint density at radius 1 is 1.14 bits per heavy atom. The predicted molar refractivity (Wildman–Crippen MR) is 81.9 cm³/mol. The molecule has 0 saturated heterocycles. The molecule has 22 heavy (non-hydrogen) atoms. The second-order valence-electron chi connectivity index (χ2n) is 6.55. The van der Waals surface area contributed by atoms with Crippen LogP contribution in [0.5, 0.6) is 0 Å². The van der Waals surface area contributed by atoms with E-state index >= 15 is 0 Å². The zero-order valence-electron chi connectivity index (χ0n) is 12.8. The number of benzene rings is 1. The average Bonchev–Trinajstić information content (AvgIpc) is 3.08. The van der Waals surface area contributed by atoms with Gasteiger partial charge >= 0.3 is 0 Å². The lowest BCUT2D eigenvalue weighted by atomic mass is 9.82. The lowest BCUT2D eigenvalue weighted by Gasteiger charge is -2.28. The summed E-state index contributed by atoms with van der Waals surface area (Å²) in [5.74, 6) is -2.33. The molecule has 1 amide bonds. The van der Waals surface area contributed by atoms with Crippen LogP contribution in [0, 0.1) is 23.7 Å². The van der Waals surface area contributed by atoms with Crippen molar-refractivity contribution in [2.24, 2.45) is 23.7 Å². The maximum atomic E-state index is 12.7. The van der Waals surface area contributed by atoms with Crippen LogP contribution in [-0.4, -0.2) is 11.9 Å². The zero-order chi connectivity index (χ0) is 15.9. The molecule has 0 spiro atoms. The van der Waals surface area contributed by atoms with Crippen LogP contribution in [0.1, 0.15) is 31.7 Å². The Hall–Kier alpha value is -2.10. The van der Waals surface area contributed by atoms with Gasteiger partial charge < -0.3 is 15.2 Å². The van der Waals surface area contributed by atoms with Gasteiger partial charge in [-0.1, -0.05) is 44.2 Å². The number of para-hydroxylation sites is 1. The van der Waals surface area contributed by atoms with E-state index in [1.54, 1.807) is 0 Å². The van der Waals surface area contributed by atoms with Crippen LogP contribution in [0.25, 0.3) is 0 Å². The van der Waals surface area contributed by atoms with Crippen LogP contribution >= 0.6 is 0 Å². The fourth-order valence-corrected chi connectivity index (χ4v) is 3.83. The van der Waals surface area contributed by atoms with E-state index in [0.717, 1.165) is 17.7 Å². The molecule has 1 N–H and O–H groups in total. The second-order valence-corrected chi connectivity index (χ2v) is 6.55. The molecule has 2 aliphatic carbocycles. The number of hydrogen-bond acceptors (Lipinski definition) is 3. The van der Waals surface area contributed by atoms with Crippen LogP contribution in [0.15, 0.2) is 36.4 Å². The second kappa shape index (κ2) is 5.59. The number of hydrogen-bond donors (Lipinski definition) is 1. The summed E-state index contributed by atoms with van der Waals surface area (Å²) in [6.07, 6.45) is 4.63. The van der Waals surface area contributed by atoms with Gasteiger partial charge in [0.1, 0.15) is 0 Å². The van der Waals surface area contributed by atoms with E-state index in [1.165, 1.54) is 0 Å². The van der Waals surface area contributed by atoms with Crippen LogP contribution < -0.4 is 10.4 Å². The molecule has 4 atom stereocenters. The summed E-state index contributed by atoms with van der Waals surface area (Å²) in [6.45, 7) is 4.13. The maximum absolute atomic E-state index is 12.7. The topological polar surface area (TPSA) is 69.2 Å². The first-order valence-electron chi connectivity index (χ1n) is 7.78. The van der Waals surface area contributed by atoms with E-state index in [9.17, 15) is 14.7 Å². The van der Waals surface area contributed by atoms with Crippen molar-refractivity contribution in [1.29, 1.82) is 0 Å². The van der Waals surface area contributed by atoms with E-state index in [0.29, 0.717) is 0 Å². The Balaban J connectivity index is 1.83. The molecule has 1 saturated carbocycles. The number of nitrogens with one attached hydrogen (secondary N) is 1. The number of carboxylic acids is 1. The molecule has 0 radical (unpaired) electrons. The highest BCUT2D eigenvalue weighted by atomic mass is 16.4. The number of aliphatic carboxylic acids is 1. The number of allylic oxidation sites excluding steroid dienone is 2. The minimum absolute atomic E-state index is 0.0131. The Kier molecular flexibility index (Phi) is 3.77. The van der Waals surface area contributed by atoms with Crippen LogP contribution in [0.4, 0.5) is 5.69 Å². The first-order valence-corrected chi connectivity index (χ1v) is 7.78. The van der Waals surface area contributed by atoms with Crippen molar-refractivity contribution in [2.75, 3.05) is 5.32 Å². The fraction of sp³-hybridized carbons (Fsp3) is 0.444. The highest BCUT2D eigenvalue weighted by Gasteiger charge is 2.48. The third kappa shape index (κ3) is 2.43. The molecule has 0 unspecified atom stereocenters. The van der Waals surface area contributed by atoms with Gasteiger partial charge in [0.15, 0.2) is 0 Å². The van der Waals surface area contributed by atoms with Gasteiger partial charge in [-0.15, -0.1) is 0 Å². The highest BCUT2D eigenvalue weighted by molar-refractivity contribution is 5.96. The van der Waals surface area contributed by atoms with Crippen LogP contribution in [0.2, 0.25) is 0 Å². The number of rotatable bonds is 4. The van der Waals surface area contributed by atoms with Gasteiger partial charge in [-0.2, -0.15) is 0 Å². The first kappa shape index (κ1) is 14.8. The van der Waals surface area contributed by atoms with E-state index in [4.69, 9.17) is 0 Å². The van der Waals surface area contributed by atoms with Crippen molar-refractivity contribution < 1.29 is 14.7 Å². The summed E-state index contributed by atoms with van der Waals surface area (Å²) in [6, 6.07) is 7.66. The molecule has 0 heterocycles. The van der Waals surface area contributed by atoms with Crippen LogP contribution in [-0.2, 0) is 9.59 Å². The SMILES string of the molecule is CC(C)c1ccccc1NC(=O)[C@H]1[C@@H](C(=O)[O-])[C@H]2C=C[C@H]1C2. The minimum Gasteiger partial charge on any atom is -0.550 e. The van der Waals surface area contributed by atoms with E-state index in [-0.39, 0.29) is 23.7 Å². The standard InChI is InChI=1S/C18H21NO3/c1-10(2)13-5-3-4-6-14(13)19-17(20)15-11-7-8-12(9-11)16(15)18(21)22/h3-8,10-12,15-16H,9H2,1-2H3,(H,19,20)(H,21,22)/p-1/t11-,12-,15+,16-/m0/s1. The molecular formula is C18H20NO3-. The van der Waals surface area contributed by atoms with E-state index in [1.807, 2.05) is 36.4 Å². The van der Waals surface area contributed by atoms with Crippen molar-refractivity contribution in [3.8, 4) is 0 Å². The van der Waals surface area contributed by atoms with Gasteiger partial charge in [0.25, 0.3) is 0 Å². The molecule has 116 valence electrons.